The Morgan fingerprint density at radius 1 is 1.09 bits per heavy atom. The largest absolute Gasteiger partial charge is 0.508 e. The molecule has 0 radical (unpaired) electrons. The number of halogens is 1. The second kappa shape index (κ2) is 5.90. The van der Waals surface area contributed by atoms with E-state index in [9.17, 15) is 14.3 Å². The van der Waals surface area contributed by atoms with Gasteiger partial charge in [0.15, 0.2) is 4.32 Å². The Morgan fingerprint density at radius 3 is 2.36 bits per heavy atom. The van der Waals surface area contributed by atoms with Crippen LogP contribution in [-0.4, -0.2) is 15.3 Å². The number of carbonyl (C=O) groups is 1. The second-order valence-electron chi connectivity index (χ2n) is 4.59. The lowest BCUT2D eigenvalue weighted by atomic mass is 10.2. The number of thiocarbonyl (C=S) groups is 1. The fourth-order valence-electron chi connectivity index (χ4n) is 2.00. The van der Waals surface area contributed by atoms with Gasteiger partial charge in [-0.2, -0.15) is 0 Å². The van der Waals surface area contributed by atoms with Crippen molar-refractivity contribution in [3.8, 4) is 5.75 Å². The Hall–Kier alpha value is -2.18. The van der Waals surface area contributed by atoms with Crippen LogP contribution in [0.15, 0.2) is 53.4 Å². The number of rotatable bonds is 2. The molecule has 1 heterocycles. The Kier molecular flexibility index (Phi) is 3.96. The third-order valence-corrected chi connectivity index (χ3v) is 4.37. The molecule has 0 spiro atoms. The van der Waals surface area contributed by atoms with Crippen LogP contribution in [0.1, 0.15) is 5.56 Å². The molecule has 0 bridgehead atoms. The molecule has 1 N–H and O–H groups in total. The van der Waals surface area contributed by atoms with Crippen molar-refractivity contribution in [1.82, 2.24) is 0 Å². The summed E-state index contributed by atoms with van der Waals surface area (Å²) in [6.45, 7) is 0. The summed E-state index contributed by atoms with van der Waals surface area (Å²) in [6, 6.07) is 12.1. The molecule has 3 nitrogen and oxygen atoms in total. The Balaban J connectivity index is 1.91. The van der Waals surface area contributed by atoms with Crippen molar-refractivity contribution in [3.05, 3.63) is 64.8 Å². The summed E-state index contributed by atoms with van der Waals surface area (Å²) in [5, 5.41) is 9.27. The smallest absolute Gasteiger partial charge is 0.270 e. The van der Waals surface area contributed by atoms with Crippen LogP contribution in [0, 0.1) is 5.82 Å². The topological polar surface area (TPSA) is 40.5 Å². The van der Waals surface area contributed by atoms with Gasteiger partial charge >= 0.3 is 0 Å². The third kappa shape index (κ3) is 2.88. The SMILES string of the molecule is O=C1/C(=C/c2ccc(O)cc2)SC(=S)N1c1ccc(F)cc1. The van der Waals surface area contributed by atoms with Crippen LogP contribution < -0.4 is 4.90 Å². The van der Waals surface area contributed by atoms with Gasteiger partial charge in [0.2, 0.25) is 0 Å². The van der Waals surface area contributed by atoms with Crippen molar-refractivity contribution in [2.75, 3.05) is 4.90 Å². The number of aromatic hydroxyl groups is 1. The quantitative estimate of drug-likeness (QED) is 0.668. The number of nitrogens with zero attached hydrogens (tertiary/aromatic N) is 1. The molecular weight excluding hydrogens is 321 g/mol. The fourth-order valence-corrected chi connectivity index (χ4v) is 3.30. The number of amides is 1. The van der Waals surface area contributed by atoms with E-state index in [2.05, 4.69) is 0 Å². The maximum atomic E-state index is 13.0. The van der Waals surface area contributed by atoms with Gasteiger partial charge in [0.1, 0.15) is 11.6 Å². The van der Waals surface area contributed by atoms with E-state index < -0.39 is 0 Å². The minimum atomic E-state index is -0.367. The molecule has 0 atom stereocenters. The lowest BCUT2D eigenvalue weighted by molar-refractivity contribution is -0.113. The summed E-state index contributed by atoms with van der Waals surface area (Å²) in [5.74, 6) is -0.445. The van der Waals surface area contributed by atoms with Crippen molar-refractivity contribution in [3.63, 3.8) is 0 Å². The fraction of sp³-hybridized carbons (Fsp3) is 0. The first-order valence-corrected chi connectivity index (χ1v) is 7.59. The first kappa shape index (κ1) is 14.7. The van der Waals surface area contributed by atoms with Gasteiger partial charge in [0.25, 0.3) is 5.91 Å². The standard InChI is InChI=1S/C16H10FNO2S2/c17-11-3-5-12(6-4-11)18-15(20)14(22-16(18)21)9-10-1-7-13(19)8-2-10/h1-9,19H/b14-9-. The van der Waals surface area contributed by atoms with E-state index in [-0.39, 0.29) is 17.5 Å². The monoisotopic (exact) mass is 331 g/mol. The van der Waals surface area contributed by atoms with E-state index in [1.807, 2.05) is 0 Å². The van der Waals surface area contributed by atoms with Gasteiger partial charge in [-0.1, -0.05) is 36.1 Å². The van der Waals surface area contributed by atoms with Crippen LogP contribution in [0.4, 0.5) is 10.1 Å². The van der Waals surface area contributed by atoms with Crippen molar-refractivity contribution >= 4 is 46.0 Å². The zero-order chi connectivity index (χ0) is 15.7. The highest BCUT2D eigenvalue weighted by Crippen LogP contribution is 2.36. The first-order chi connectivity index (χ1) is 10.5. The van der Waals surface area contributed by atoms with Crippen LogP contribution in [0.2, 0.25) is 0 Å². The zero-order valence-electron chi connectivity index (χ0n) is 11.2. The predicted molar refractivity (Wildman–Crippen MR) is 90.2 cm³/mol. The number of thioether (sulfide) groups is 1. The molecule has 0 aromatic heterocycles. The van der Waals surface area contributed by atoms with E-state index in [1.54, 1.807) is 30.3 Å². The average Bonchev–Trinajstić information content (AvgIpc) is 2.77. The molecule has 6 heteroatoms. The molecule has 110 valence electrons. The van der Waals surface area contributed by atoms with Crippen molar-refractivity contribution in [2.24, 2.45) is 0 Å². The van der Waals surface area contributed by atoms with Crippen LogP contribution >= 0.6 is 24.0 Å². The maximum Gasteiger partial charge on any atom is 0.270 e. The van der Waals surface area contributed by atoms with Gasteiger partial charge in [-0.3, -0.25) is 9.69 Å². The molecule has 1 amide bonds. The minimum absolute atomic E-state index is 0.163. The van der Waals surface area contributed by atoms with Gasteiger partial charge in [0, 0.05) is 0 Å². The van der Waals surface area contributed by atoms with Crippen LogP contribution in [0.3, 0.4) is 0 Å². The van der Waals surface area contributed by atoms with Gasteiger partial charge in [0.05, 0.1) is 10.6 Å². The Morgan fingerprint density at radius 2 is 1.73 bits per heavy atom. The molecule has 3 rings (SSSR count). The highest BCUT2D eigenvalue weighted by Gasteiger charge is 2.33. The molecule has 0 unspecified atom stereocenters. The van der Waals surface area contributed by atoms with Crippen molar-refractivity contribution in [1.29, 1.82) is 0 Å². The molecule has 1 aliphatic rings. The minimum Gasteiger partial charge on any atom is -0.508 e. The Labute approximate surface area is 136 Å². The Bertz CT molecular complexity index is 770. The molecule has 1 fully saturated rings. The third-order valence-electron chi connectivity index (χ3n) is 3.07. The summed E-state index contributed by atoms with van der Waals surface area (Å²) in [7, 11) is 0. The molecule has 22 heavy (non-hydrogen) atoms. The summed E-state index contributed by atoms with van der Waals surface area (Å²) in [5.41, 5.74) is 1.33. The number of carbonyl (C=O) groups excluding carboxylic acids is 1. The van der Waals surface area contributed by atoms with Crippen molar-refractivity contribution < 1.29 is 14.3 Å². The average molecular weight is 331 g/mol. The highest BCUT2D eigenvalue weighted by molar-refractivity contribution is 8.27. The molecule has 2 aromatic carbocycles. The number of phenolic OH excluding ortho intramolecular Hbond substituents is 1. The van der Waals surface area contributed by atoms with E-state index >= 15 is 0 Å². The van der Waals surface area contributed by atoms with Gasteiger partial charge in [-0.05, 0) is 48.0 Å². The molecule has 2 aromatic rings. The maximum absolute atomic E-state index is 13.0. The number of hydrogen-bond donors (Lipinski definition) is 1. The van der Waals surface area contributed by atoms with Gasteiger partial charge < -0.3 is 5.11 Å². The number of anilines is 1. The van der Waals surface area contributed by atoms with Crippen LogP contribution in [-0.2, 0) is 4.79 Å². The summed E-state index contributed by atoms with van der Waals surface area (Å²) >= 11 is 6.43. The molecule has 1 aliphatic heterocycles. The van der Waals surface area contributed by atoms with E-state index in [0.717, 1.165) is 5.56 Å². The molecule has 0 aliphatic carbocycles. The second-order valence-corrected chi connectivity index (χ2v) is 6.26. The zero-order valence-corrected chi connectivity index (χ0v) is 12.8. The number of benzene rings is 2. The molecule has 0 saturated carbocycles. The predicted octanol–water partition coefficient (Wildman–Crippen LogP) is 3.94. The molecular formula is C16H10FNO2S2. The van der Waals surface area contributed by atoms with Crippen molar-refractivity contribution in [2.45, 2.75) is 0 Å². The van der Waals surface area contributed by atoms with E-state index in [4.69, 9.17) is 12.2 Å². The number of hydrogen-bond acceptors (Lipinski definition) is 4. The van der Waals surface area contributed by atoms with Crippen LogP contribution in [0.5, 0.6) is 5.75 Å². The summed E-state index contributed by atoms with van der Waals surface area (Å²) < 4.78 is 13.4. The first-order valence-electron chi connectivity index (χ1n) is 6.37. The number of phenols is 1. The normalized spacial score (nSPS) is 16.6. The summed E-state index contributed by atoms with van der Waals surface area (Å²) in [6.07, 6.45) is 1.71. The lowest BCUT2D eigenvalue weighted by Crippen LogP contribution is -2.27. The van der Waals surface area contributed by atoms with Crippen LogP contribution in [0.25, 0.3) is 6.08 Å². The van der Waals surface area contributed by atoms with Gasteiger partial charge in [-0.15, -0.1) is 0 Å². The van der Waals surface area contributed by atoms with E-state index in [0.29, 0.717) is 14.9 Å². The van der Waals surface area contributed by atoms with E-state index in [1.165, 1.54) is 40.9 Å². The molecule has 1 saturated heterocycles. The lowest BCUT2D eigenvalue weighted by Gasteiger charge is -2.14. The summed E-state index contributed by atoms with van der Waals surface area (Å²) in [4.78, 5) is 14.3. The highest BCUT2D eigenvalue weighted by atomic mass is 32.2. The van der Waals surface area contributed by atoms with Gasteiger partial charge in [-0.25, -0.2) is 4.39 Å².